The van der Waals surface area contributed by atoms with E-state index < -0.39 is 31.2 Å². The van der Waals surface area contributed by atoms with Gasteiger partial charge in [0, 0.05) is 55.0 Å². The van der Waals surface area contributed by atoms with Gasteiger partial charge < -0.3 is 24.2 Å². The van der Waals surface area contributed by atoms with Crippen LogP contribution in [0.2, 0.25) is 0 Å². The Bertz CT molecular complexity index is 4210. The monoisotopic (exact) mass is 983 g/mol. The van der Waals surface area contributed by atoms with Crippen LogP contribution in [0, 0.1) is 0 Å². The predicted octanol–water partition coefficient (Wildman–Crippen LogP) is 15.4. The molecule has 9 heteroatoms. The lowest BCUT2D eigenvalue weighted by Gasteiger charge is -2.35. The number of pyridine rings is 1. The number of para-hydroxylation sites is 3. The van der Waals surface area contributed by atoms with Gasteiger partial charge in [-0.1, -0.05) is 150 Å². The van der Waals surface area contributed by atoms with Crippen molar-refractivity contribution in [3.8, 4) is 17.3 Å². The van der Waals surface area contributed by atoms with Crippen molar-refractivity contribution in [1.82, 2.24) is 19.2 Å². The normalized spacial score (nSPS) is 18.0. The molecule has 0 bridgehead atoms. The van der Waals surface area contributed by atoms with E-state index in [0.29, 0.717) is 35.6 Å². The van der Waals surface area contributed by atoms with E-state index in [1.54, 1.807) is 36.4 Å². The number of benzene rings is 6. The Morgan fingerprint density at radius 2 is 1.29 bits per heavy atom. The van der Waals surface area contributed by atoms with Crippen LogP contribution in [0.4, 0.5) is 17.1 Å². The predicted molar refractivity (Wildman–Crippen MR) is 314 cm³/mol. The Morgan fingerprint density at radius 3 is 2.01 bits per heavy atom. The Kier molecular flexibility index (Phi) is 8.88. The van der Waals surface area contributed by atoms with Gasteiger partial charge in [-0.25, -0.2) is 4.98 Å². The van der Waals surface area contributed by atoms with E-state index in [1.807, 2.05) is 18.2 Å². The van der Waals surface area contributed by atoms with Crippen molar-refractivity contribution in [2.45, 2.75) is 51.8 Å². The molecule has 7 heterocycles. The minimum absolute atomic E-state index is 0.0116. The van der Waals surface area contributed by atoms with Gasteiger partial charge in [0.15, 0.2) is 0 Å². The lowest BCUT2D eigenvalue weighted by atomic mass is 9.48. The summed E-state index contributed by atoms with van der Waals surface area (Å²) >= 11 is 0. The molecule has 8 aromatic rings. The van der Waals surface area contributed by atoms with E-state index in [1.165, 1.54) is 68.2 Å². The Balaban J connectivity index is 0.895. The van der Waals surface area contributed by atoms with E-state index in [0.717, 1.165) is 17.1 Å². The molecule has 5 aliphatic rings. The molecule has 5 aliphatic heterocycles. The first-order valence-electron chi connectivity index (χ1n) is 30.4. The smallest absolute Gasteiger partial charge is 0.320 e. The zero-order valence-corrected chi connectivity index (χ0v) is 41.9. The molecule has 6 aromatic carbocycles. The number of ether oxygens (including phenoxy) is 1. The van der Waals surface area contributed by atoms with Crippen LogP contribution in [0.15, 0.2) is 237 Å². The molecule has 0 saturated heterocycles. The SMILES string of the molecule is [2H]c1c([2H])c([2H])c2c(c1[2H])c1ccc(Oc3cccc(N4CN(Cc5c(C6=CC=CN7C=CC=CB67)cc(C(C)(C)C)cc5C5=CC=CN6C=CC=CB56)c5ccccc54)c3)cc1n2-c1cc(C(c2ccccc2)(C([2H])([2H])[2H])C([2H])([2H])[2H])ccn1. The molecule has 0 spiro atoms. The zero-order chi connectivity index (χ0) is 59.3. The highest BCUT2D eigenvalue weighted by Gasteiger charge is 2.36. The molecular weight excluding hydrogens is 914 g/mol. The first kappa shape index (κ1) is 36.3. The van der Waals surface area contributed by atoms with Gasteiger partial charge in [-0.3, -0.25) is 4.57 Å². The van der Waals surface area contributed by atoms with Crippen LogP contribution < -0.4 is 14.5 Å². The Hall–Kier alpha value is -8.68. The van der Waals surface area contributed by atoms with E-state index in [4.69, 9.17) is 17.1 Å². The van der Waals surface area contributed by atoms with Gasteiger partial charge in [-0.15, -0.1) is 0 Å². The molecule has 75 heavy (non-hydrogen) atoms. The summed E-state index contributed by atoms with van der Waals surface area (Å²) in [5.41, 5.74) is 8.09. The van der Waals surface area contributed by atoms with Crippen LogP contribution in [0.3, 0.4) is 0 Å². The van der Waals surface area contributed by atoms with Crippen molar-refractivity contribution in [3.05, 3.63) is 270 Å². The third kappa shape index (κ3) is 8.24. The fraction of sp³-hybridized carbons (Fsp3) is 0.136. The zero-order valence-electron chi connectivity index (χ0n) is 51.9. The molecule has 2 aromatic heterocycles. The molecule has 0 atom stereocenters. The first-order valence-corrected chi connectivity index (χ1v) is 25.4. The standard InChI is InChI=1S/C66H58B2N6O/c1-65(2,3)49-40-55(58-25-18-38-71-36-15-13-33-67(58)71)57(56(41-49)59-26-19-39-72-37-16-14-34-68(59)72)45-70-46-73(62-29-12-11-28-61(62)70)50-22-17-23-51(43-50)75-52-30-31-54-53-24-9-10-27-60(53)74(63(54)44-52)64-42-48(32-35-69-64)66(4,5)47-20-7-6-8-21-47/h6-44H,45-46H2,1-5H3/i4D3,5D3,9D,10D,24D,27D. The Morgan fingerprint density at radius 1 is 0.613 bits per heavy atom. The number of anilines is 3. The van der Waals surface area contributed by atoms with Crippen molar-refractivity contribution in [2.24, 2.45) is 0 Å². The molecule has 0 saturated carbocycles. The summed E-state index contributed by atoms with van der Waals surface area (Å²) in [4.78, 5) is 13.9. The Labute approximate surface area is 455 Å². The third-order valence-corrected chi connectivity index (χ3v) is 14.9. The second kappa shape index (κ2) is 18.4. The van der Waals surface area contributed by atoms with Crippen molar-refractivity contribution in [2.75, 3.05) is 16.5 Å². The number of hydrogen-bond donors (Lipinski definition) is 0. The second-order valence-corrected chi connectivity index (χ2v) is 20.6. The molecule has 7 nitrogen and oxygen atoms in total. The molecular formula is C66H58B2N6O. The molecule has 0 aliphatic carbocycles. The van der Waals surface area contributed by atoms with Crippen molar-refractivity contribution in [1.29, 1.82) is 0 Å². The fourth-order valence-electron chi connectivity index (χ4n) is 11.1. The summed E-state index contributed by atoms with van der Waals surface area (Å²) in [6.07, 6.45) is 27.1. The van der Waals surface area contributed by atoms with Gasteiger partial charge in [0.1, 0.15) is 17.3 Å². The summed E-state index contributed by atoms with van der Waals surface area (Å²) in [5, 5.41) is 0.657. The third-order valence-electron chi connectivity index (χ3n) is 14.9. The molecule has 0 amide bonds. The van der Waals surface area contributed by atoms with Crippen LogP contribution in [-0.2, 0) is 17.4 Å². The van der Waals surface area contributed by atoms with Crippen molar-refractivity contribution in [3.63, 3.8) is 0 Å². The molecule has 13 rings (SSSR count). The fourth-order valence-corrected chi connectivity index (χ4v) is 11.1. The summed E-state index contributed by atoms with van der Waals surface area (Å²) in [6.45, 7) is 1.81. The van der Waals surface area contributed by atoms with E-state index in [-0.39, 0.29) is 59.0 Å². The number of allylic oxidation sites excluding steroid dienone is 8. The molecule has 0 fully saturated rings. The molecule has 0 unspecified atom stereocenters. The minimum atomic E-state index is -3.09. The lowest BCUT2D eigenvalue weighted by Crippen LogP contribution is -2.37. The van der Waals surface area contributed by atoms with Crippen LogP contribution in [0.1, 0.15) is 81.6 Å². The quantitative estimate of drug-likeness (QED) is 0.127. The first-order chi connectivity index (χ1) is 40.7. The summed E-state index contributed by atoms with van der Waals surface area (Å²) in [7, 11) is 0. The summed E-state index contributed by atoms with van der Waals surface area (Å²) in [5.74, 6) is 5.47. The summed E-state index contributed by atoms with van der Waals surface area (Å²) < 4.78 is 97.3. The van der Waals surface area contributed by atoms with E-state index in [9.17, 15) is 1.37 Å². The maximum atomic E-state index is 9.26. The second-order valence-electron chi connectivity index (χ2n) is 20.6. The van der Waals surface area contributed by atoms with Crippen LogP contribution >= 0.6 is 0 Å². The lowest BCUT2D eigenvalue weighted by molar-refractivity contribution is 0.483. The number of fused-ring (bicyclic) bond motifs is 6. The topological polar surface area (TPSA) is 40.0 Å². The molecule has 0 N–H and O–H groups in total. The van der Waals surface area contributed by atoms with Gasteiger partial charge in [-0.2, -0.15) is 0 Å². The number of hydrogen-bond acceptors (Lipinski definition) is 6. The highest BCUT2D eigenvalue weighted by molar-refractivity contribution is 6.83. The van der Waals surface area contributed by atoms with E-state index >= 15 is 0 Å². The maximum absolute atomic E-state index is 9.26. The minimum Gasteiger partial charge on any atom is -0.457 e. The average molecular weight is 983 g/mol. The largest absolute Gasteiger partial charge is 0.457 e. The van der Waals surface area contributed by atoms with Crippen molar-refractivity contribution < 1.29 is 18.4 Å². The highest BCUT2D eigenvalue weighted by atomic mass is 16.5. The average Bonchev–Trinajstić information content (AvgIpc) is 1.63. The molecule has 0 radical (unpaired) electrons. The molecule has 364 valence electrons. The number of aromatic nitrogens is 2. The number of nitrogens with zero attached hydrogens (tertiary/aromatic N) is 6. The van der Waals surface area contributed by atoms with Gasteiger partial charge >= 0.3 is 13.7 Å². The van der Waals surface area contributed by atoms with Crippen LogP contribution in [0.25, 0.3) is 38.6 Å². The summed E-state index contributed by atoms with van der Waals surface area (Å²) in [6, 6.07) is 35.5. The van der Waals surface area contributed by atoms with Gasteiger partial charge in [-0.05, 0) is 153 Å². The van der Waals surface area contributed by atoms with Gasteiger partial charge in [0.05, 0.1) is 34.6 Å². The van der Waals surface area contributed by atoms with Crippen LogP contribution in [-0.4, -0.2) is 39.5 Å². The highest BCUT2D eigenvalue weighted by Crippen LogP contribution is 2.46. The van der Waals surface area contributed by atoms with E-state index in [2.05, 4.69) is 173 Å². The van der Waals surface area contributed by atoms with Gasteiger partial charge in [0.25, 0.3) is 0 Å². The number of rotatable bonds is 10. The van der Waals surface area contributed by atoms with Crippen LogP contribution in [0.5, 0.6) is 11.5 Å². The maximum Gasteiger partial charge on any atom is 0.320 e. The van der Waals surface area contributed by atoms with Gasteiger partial charge in [0.2, 0.25) is 0 Å². The van der Waals surface area contributed by atoms with Crippen molar-refractivity contribution >= 4 is 63.5 Å².